The van der Waals surface area contributed by atoms with Gasteiger partial charge in [0.2, 0.25) is 0 Å². The lowest BCUT2D eigenvalue weighted by atomic mass is 9.91. The number of rotatable bonds is 7. The van der Waals surface area contributed by atoms with Gasteiger partial charge in [0.1, 0.15) is 34.4 Å². The smallest absolute Gasteiger partial charge is 0.407 e. The van der Waals surface area contributed by atoms with Crippen molar-refractivity contribution in [1.29, 1.82) is 5.26 Å². The van der Waals surface area contributed by atoms with E-state index in [1.807, 2.05) is 63.2 Å². The second-order valence-electron chi connectivity index (χ2n) is 10.4. The quantitative estimate of drug-likeness (QED) is 0.351. The van der Waals surface area contributed by atoms with E-state index < -0.39 is 17.7 Å². The number of para-hydroxylation sites is 1. The number of amides is 1. The molecule has 1 aliphatic carbocycles. The van der Waals surface area contributed by atoms with Crippen LogP contribution in [0.4, 0.5) is 4.79 Å². The fourth-order valence-corrected chi connectivity index (χ4v) is 4.65. The molecule has 2 aromatic carbocycles. The number of hydrogen-bond donors (Lipinski definition) is 1. The summed E-state index contributed by atoms with van der Waals surface area (Å²) in [5, 5.41) is 17.8. The molecule has 1 amide bonds. The number of hydrogen-bond acceptors (Lipinski definition) is 7. The molecule has 0 spiro atoms. The van der Waals surface area contributed by atoms with Crippen molar-refractivity contribution in [2.45, 2.75) is 71.1 Å². The second-order valence-corrected chi connectivity index (χ2v) is 10.4. The fraction of sp³-hybridized carbons (Fsp3) is 0.400. The third-order valence-corrected chi connectivity index (χ3v) is 6.36. The van der Waals surface area contributed by atoms with Crippen molar-refractivity contribution in [2.75, 3.05) is 6.61 Å². The predicted octanol–water partition coefficient (Wildman–Crippen LogP) is 6.40. The number of aromatic nitrogens is 2. The number of nitriles is 1. The molecule has 0 atom stereocenters. The Bertz CT molecular complexity index is 1330. The van der Waals surface area contributed by atoms with Gasteiger partial charge in [0.15, 0.2) is 5.69 Å². The highest BCUT2D eigenvalue weighted by atomic mass is 16.6. The maximum atomic E-state index is 13.0. The lowest BCUT2D eigenvalue weighted by molar-refractivity contribution is 0.0487. The zero-order chi connectivity index (χ0) is 28.0. The van der Waals surface area contributed by atoms with E-state index in [0.717, 1.165) is 0 Å². The standard InChI is InChI=1S/C30H34N4O5/c1-5-37-28(35)27-25(19-31)26(20-11-17-24(18-12-20)38-23-9-7-6-8-10-23)33-34(27)22-15-13-21(14-16-22)32-29(36)39-30(2,3)4/h6-12,17-18,21-22H,5,13-16H2,1-4H3,(H,32,36)/t21-,22+. The van der Waals surface area contributed by atoms with Gasteiger partial charge in [-0.25, -0.2) is 9.59 Å². The number of nitrogens with zero attached hydrogens (tertiary/aromatic N) is 3. The second kappa shape index (κ2) is 12.0. The number of esters is 1. The summed E-state index contributed by atoms with van der Waals surface area (Å²) in [5.41, 5.74) is 0.875. The number of alkyl carbamates (subject to hydrolysis) is 1. The molecule has 1 fully saturated rings. The molecular formula is C30H34N4O5. The van der Waals surface area contributed by atoms with Gasteiger partial charge in [0, 0.05) is 11.6 Å². The van der Waals surface area contributed by atoms with Gasteiger partial charge < -0.3 is 19.5 Å². The highest BCUT2D eigenvalue weighted by molar-refractivity contribution is 5.93. The molecule has 0 aliphatic heterocycles. The molecule has 0 unspecified atom stereocenters. The first-order chi connectivity index (χ1) is 18.7. The molecular weight excluding hydrogens is 496 g/mol. The van der Waals surface area contributed by atoms with Crippen molar-refractivity contribution in [3.8, 4) is 28.8 Å². The van der Waals surface area contributed by atoms with E-state index in [9.17, 15) is 14.9 Å². The predicted molar refractivity (Wildman–Crippen MR) is 146 cm³/mol. The fourth-order valence-electron chi connectivity index (χ4n) is 4.65. The summed E-state index contributed by atoms with van der Waals surface area (Å²) in [6.07, 6.45) is 2.28. The minimum atomic E-state index is -0.578. The Morgan fingerprint density at radius 1 is 1.03 bits per heavy atom. The highest BCUT2D eigenvalue weighted by Gasteiger charge is 2.32. The molecule has 3 aromatic rings. The van der Waals surface area contributed by atoms with Crippen molar-refractivity contribution in [1.82, 2.24) is 15.1 Å². The summed E-state index contributed by atoms with van der Waals surface area (Å²) >= 11 is 0. The highest BCUT2D eigenvalue weighted by Crippen LogP contribution is 2.35. The van der Waals surface area contributed by atoms with Crippen LogP contribution in [-0.2, 0) is 9.47 Å². The van der Waals surface area contributed by atoms with Crippen LogP contribution in [0.5, 0.6) is 11.5 Å². The molecule has 4 rings (SSSR count). The summed E-state index contributed by atoms with van der Waals surface area (Å²) in [7, 11) is 0. The molecule has 0 saturated heterocycles. The van der Waals surface area contributed by atoms with Gasteiger partial charge in [-0.05, 0) is 89.8 Å². The normalized spacial score (nSPS) is 17.1. The van der Waals surface area contributed by atoms with Crippen LogP contribution in [0.25, 0.3) is 11.3 Å². The SMILES string of the molecule is CCOC(=O)c1c(C#N)c(-c2ccc(Oc3ccccc3)cc2)nn1[C@H]1CC[C@@H](NC(=O)OC(C)(C)C)CC1. The third kappa shape index (κ3) is 6.96. The van der Waals surface area contributed by atoms with Crippen LogP contribution in [0.2, 0.25) is 0 Å². The summed E-state index contributed by atoms with van der Waals surface area (Å²) in [4.78, 5) is 25.2. The van der Waals surface area contributed by atoms with Crippen LogP contribution in [0, 0.1) is 11.3 Å². The maximum Gasteiger partial charge on any atom is 0.407 e. The largest absolute Gasteiger partial charge is 0.461 e. The van der Waals surface area contributed by atoms with E-state index in [2.05, 4.69) is 11.4 Å². The maximum absolute atomic E-state index is 13.0. The average Bonchev–Trinajstić information content (AvgIpc) is 3.29. The molecule has 0 bridgehead atoms. The van der Waals surface area contributed by atoms with Gasteiger partial charge in [0.05, 0.1) is 12.6 Å². The number of carbonyl (C=O) groups is 2. The summed E-state index contributed by atoms with van der Waals surface area (Å²) in [5.74, 6) is 0.781. The molecule has 1 N–H and O–H groups in total. The van der Waals surface area contributed by atoms with Crippen LogP contribution >= 0.6 is 0 Å². The zero-order valence-electron chi connectivity index (χ0n) is 22.8. The number of ether oxygens (including phenoxy) is 3. The Morgan fingerprint density at radius 2 is 1.67 bits per heavy atom. The Hall–Kier alpha value is -4.32. The van der Waals surface area contributed by atoms with Crippen molar-refractivity contribution in [3.05, 3.63) is 65.9 Å². The van der Waals surface area contributed by atoms with Gasteiger partial charge in [-0.1, -0.05) is 18.2 Å². The molecule has 0 radical (unpaired) electrons. The Kier molecular flexibility index (Phi) is 8.55. The van der Waals surface area contributed by atoms with Crippen LogP contribution < -0.4 is 10.1 Å². The number of carbonyl (C=O) groups excluding carboxylic acids is 2. The molecule has 1 aromatic heterocycles. The van der Waals surface area contributed by atoms with Crippen LogP contribution in [-0.4, -0.2) is 40.1 Å². The minimum Gasteiger partial charge on any atom is -0.461 e. The Balaban J connectivity index is 1.56. The Morgan fingerprint density at radius 3 is 2.26 bits per heavy atom. The van der Waals surface area contributed by atoms with E-state index >= 15 is 0 Å². The van der Waals surface area contributed by atoms with Gasteiger partial charge in [-0.15, -0.1) is 0 Å². The van der Waals surface area contributed by atoms with Crippen LogP contribution in [0.3, 0.4) is 0 Å². The van der Waals surface area contributed by atoms with E-state index in [1.165, 1.54) is 0 Å². The molecule has 9 nitrogen and oxygen atoms in total. The summed E-state index contributed by atoms with van der Waals surface area (Å²) < 4.78 is 18.2. The third-order valence-electron chi connectivity index (χ3n) is 6.36. The molecule has 9 heteroatoms. The molecule has 204 valence electrons. The first kappa shape index (κ1) is 27.7. The van der Waals surface area contributed by atoms with Gasteiger partial charge in [-0.3, -0.25) is 4.68 Å². The minimum absolute atomic E-state index is 0.0372. The van der Waals surface area contributed by atoms with Crippen molar-refractivity contribution in [2.24, 2.45) is 0 Å². The van der Waals surface area contributed by atoms with Crippen LogP contribution in [0.15, 0.2) is 54.6 Å². The van der Waals surface area contributed by atoms with E-state index in [4.69, 9.17) is 19.3 Å². The number of benzene rings is 2. The number of nitrogens with one attached hydrogen (secondary N) is 1. The monoisotopic (exact) mass is 530 g/mol. The summed E-state index contributed by atoms with van der Waals surface area (Å²) in [6, 6.07) is 18.7. The summed E-state index contributed by atoms with van der Waals surface area (Å²) in [6.45, 7) is 7.39. The van der Waals surface area contributed by atoms with E-state index in [-0.39, 0.29) is 29.9 Å². The topological polar surface area (TPSA) is 115 Å². The van der Waals surface area contributed by atoms with E-state index in [1.54, 1.807) is 23.7 Å². The van der Waals surface area contributed by atoms with Gasteiger partial charge >= 0.3 is 12.1 Å². The van der Waals surface area contributed by atoms with Gasteiger partial charge in [-0.2, -0.15) is 10.4 Å². The van der Waals surface area contributed by atoms with Gasteiger partial charge in [0.25, 0.3) is 0 Å². The zero-order valence-corrected chi connectivity index (χ0v) is 22.8. The molecule has 1 aliphatic rings. The average molecular weight is 531 g/mol. The Labute approximate surface area is 228 Å². The van der Waals surface area contributed by atoms with Crippen molar-refractivity contribution < 1.29 is 23.8 Å². The van der Waals surface area contributed by atoms with E-state index in [0.29, 0.717) is 48.4 Å². The van der Waals surface area contributed by atoms with Crippen LogP contribution in [0.1, 0.15) is 75.5 Å². The first-order valence-corrected chi connectivity index (χ1v) is 13.2. The molecule has 1 heterocycles. The first-order valence-electron chi connectivity index (χ1n) is 13.2. The lowest BCUT2D eigenvalue weighted by Crippen LogP contribution is -2.41. The van der Waals surface area contributed by atoms with Crippen molar-refractivity contribution in [3.63, 3.8) is 0 Å². The molecule has 1 saturated carbocycles. The lowest BCUT2D eigenvalue weighted by Gasteiger charge is -2.30. The molecule has 39 heavy (non-hydrogen) atoms. The van der Waals surface area contributed by atoms with Crippen molar-refractivity contribution >= 4 is 12.1 Å².